The monoisotopic (exact) mass is 472 g/mol. The molecule has 0 amide bonds. The Hall–Kier alpha value is 1.48. The molecule has 0 saturated carbocycles. The van der Waals surface area contributed by atoms with E-state index in [9.17, 15) is 0 Å². The van der Waals surface area contributed by atoms with E-state index in [1.54, 1.807) is 0 Å². The van der Waals surface area contributed by atoms with E-state index in [0.717, 1.165) is 0 Å². The molecule has 28 heavy (non-hydrogen) atoms. The lowest BCUT2D eigenvalue weighted by Crippen LogP contribution is -2.23. The van der Waals surface area contributed by atoms with E-state index in [4.69, 9.17) is 0 Å². The maximum absolute atomic E-state index is 2.43. The van der Waals surface area contributed by atoms with E-state index >= 15 is 0 Å². The predicted octanol–water partition coefficient (Wildman–Crippen LogP) is 3.77. The van der Waals surface area contributed by atoms with E-state index in [0.29, 0.717) is 0 Å². The Labute approximate surface area is 182 Å². The second-order valence-electron chi connectivity index (χ2n) is 8.21. The fourth-order valence-electron chi connectivity index (χ4n) is 3.30. The molecule has 0 saturated heterocycles. The van der Waals surface area contributed by atoms with Gasteiger partial charge in [-0.2, -0.15) is 0 Å². The Morgan fingerprint density at radius 2 is 0.500 bits per heavy atom. The third kappa shape index (κ3) is 11.8. The topological polar surface area (TPSA) is 19.4 Å². The summed E-state index contributed by atoms with van der Waals surface area (Å²) < 4.78 is 14.6. The van der Waals surface area contributed by atoms with Crippen LogP contribution in [-0.4, -0.2) is 150 Å². The van der Waals surface area contributed by atoms with Crippen molar-refractivity contribution in [1.82, 2.24) is 28.0 Å². The van der Waals surface area contributed by atoms with Crippen LogP contribution in [0.3, 0.4) is 0 Å². The van der Waals surface area contributed by atoms with Crippen molar-refractivity contribution in [3.8, 4) is 0 Å². The van der Waals surface area contributed by atoms with Crippen LogP contribution in [0, 0.1) is 0 Å². The summed E-state index contributed by atoms with van der Waals surface area (Å²) in [5.41, 5.74) is 0. The molecule has 170 valence electrons. The highest BCUT2D eigenvalue weighted by Crippen LogP contribution is 2.51. The number of hydrogen-bond acceptors (Lipinski definition) is 6. The Morgan fingerprint density at radius 3 is 0.643 bits per heavy atom. The molecule has 0 aliphatic rings. The van der Waals surface area contributed by atoms with Gasteiger partial charge in [-0.05, 0) is 122 Å². The van der Waals surface area contributed by atoms with E-state index in [1.807, 2.05) is 0 Å². The summed E-state index contributed by atoms with van der Waals surface area (Å²) >= 11 is 0. The Bertz CT molecular complexity index is 315. The Morgan fingerprint density at radius 1 is 0.321 bits per heavy atom. The highest BCUT2D eigenvalue weighted by Gasteiger charge is 2.22. The number of nitrogens with zero attached hydrogens (tertiary/aromatic N) is 6. The third-order valence-electron chi connectivity index (χ3n) is 4.62. The largest absolute Gasteiger partial charge is 0.276 e. The van der Waals surface area contributed by atoms with Crippen LogP contribution in [0.2, 0.25) is 0 Å². The Balaban J connectivity index is 5.03. The zero-order chi connectivity index (χ0) is 22.0. The van der Waals surface area contributed by atoms with Gasteiger partial charge in [-0.15, -0.1) is 7.92 Å². The summed E-state index contributed by atoms with van der Waals surface area (Å²) in [6, 6.07) is 0. The molecule has 0 heterocycles. The summed E-state index contributed by atoms with van der Waals surface area (Å²) in [7, 11) is 26.5. The summed E-state index contributed by atoms with van der Waals surface area (Å²) in [5.74, 6) is 0. The molecule has 0 atom stereocenters. The molecule has 0 unspecified atom stereocenters. The van der Waals surface area contributed by atoms with Crippen molar-refractivity contribution in [3.05, 3.63) is 0 Å². The van der Waals surface area contributed by atoms with Crippen molar-refractivity contribution in [3.63, 3.8) is 0 Å². The first-order valence-corrected chi connectivity index (χ1v) is 16.2. The summed E-state index contributed by atoms with van der Waals surface area (Å²) in [6.45, 7) is 0. The molecule has 0 radical (unpaired) electrons. The van der Waals surface area contributed by atoms with Gasteiger partial charge in [-0.25, -0.2) is 0 Å². The van der Waals surface area contributed by atoms with Gasteiger partial charge in [0, 0.05) is 24.7 Å². The predicted molar refractivity (Wildman–Crippen MR) is 139 cm³/mol. The molecule has 10 heteroatoms. The van der Waals surface area contributed by atoms with Crippen molar-refractivity contribution in [1.29, 1.82) is 0 Å². The van der Waals surface area contributed by atoms with Crippen molar-refractivity contribution in [2.24, 2.45) is 0 Å². The van der Waals surface area contributed by atoms with Gasteiger partial charge in [-0.3, -0.25) is 28.0 Å². The smallest absolute Gasteiger partial charge is 0.0387 e. The zero-order valence-corrected chi connectivity index (χ0v) is 24.3. The molecule has 0 bridgehead atoms. The van der Waals surface area contributed by atoms with Crippen LogP contribution in [0.25, 0.3) is 0 Å². The normalized spacial score (nSPS) is 13.5. The quantitative estimate of drug-likeness (QED) is 0.336. The average molecular weight is 473 g/mol. The molecule has 0 aliphatic carbocycles. The molecule has 0 aliphatic heterocycles. The van der Waals surface area contributed by atoms with Crippen molar-refractivity contribution >= 4 is 32.6 Å². The molecular weight excluding hydrogens is 424 g/mol. The lowest BCUT2D eigenvalue weighted by Gasteiger charge is -2.35. The second-order valence-corrected chi connectivity index (χ2v) is 19.3. The molecule has 0 rings (SSSR count). The van der Waals surface area contributed by atoms with Gasteiger partial charge in [0.05, 0.1) is 0 Å². The van der Waals surface area contributed by atoms with E-state index in [1.165, 1.54) is 37.0 Å². The van der Waals surface area contributed by atoms with Crippen LogP contribution in [0.15, 0.2) is 0 Å². The van der Waals surface area contributed by atoms with Crippen LogP contribution in [0.1, 0.15) is 0 Å². The van der Waals surface area contributed by atoms with Gasteiger partial charge in [0.2, 0.25) is 0 Å². The number of rotatable bonds is 15. The fraction of sp³-hybridized carbons (Fsp3) is 1.00. The second kappa shape index (κ2) is 15.3. The Kier molecular flexibility index (Phi) is 16.1. The minimum Gasteiger partial charge on any atom is -0.276 e. The summed E-state index contributed by atoms with van der Waals surface area (Å²) in [5, 5.41) is 0. The molecular formula is C18H48N6P4. The lowest BCUT2D eigenvalue weighted by molar-refractivity contribution is 0.573. The molecule has 0 spiro atoms. The first-order valence-electron chi connectivity index (χ1n) is 9.96. The SMILES string of the molecule is CN(C)P(CCP(CCP(N(C)C)N(C)C)CCP(N(C)C)N(C)C)N(C)C. The highest BCUT2D eigenvalue weighted by atomic mass is 31.1. The van der Waals surface area contributed by atoms with Gasteiger partial charge < -0.3 is 0 Å². The van der Waals surface area contributed by atoms with Gasteiger partial charge in [0.1, 0.15) is 0 Å². The van der Waals surface area contributed by atoms with Crippen molar-refractivity contribution in [2.45, 2.75) is 0 Å². The van der Waals surface area contributed by atoms with Crippen LogP contribution in [-0.2, 0) is 0 Å². The number of hydrogen-bond donors (Lipinski definition) is 0. The standard InChI is InChI=1S/C18H48N6P4/c1-19(2)26(20(3)4)16-13-25(14-17-27(21(5)6)22(7)8)15-18-28(23(9)10)24(11)12/h13-18H2,1-12H3. The molecule has 0 fully saturated rings. The zero-order valence-electron chi connectivity index (χ0n) is 20.7. The van der Waals surface area contributed by atoms with E-state index in [-0.39, 0.29) is 32.6 Å². The van der Waals surface area contributed by atoms with E-state index in [2.05, 4.69) is 113 Å². The molecule has 6 nitrogen and oxygen atoms in total. The minimum atomic E-state index is -0.161. The van der Waals surface area contributed by atoms with Crippen LogP contribution >= 0.6 is 32.6 Å². The van der Waals surface area contributed by atoms with Gasteiger partial charge in [-0.1, -0.05) is 0 Å². The van der Waals surface area contributed by atoms with Crippen molar-refractivity contribution < 1.29 is 0 Å². The van der Waals surface area contributed by atoms with Crippen LogP contribution in [0.4, 0.5) is 0 Å². The third-order valence-corrected chi connectivity index (χ3v) is 15.7. The fourth-order valence-corrected chi connectivity index (χ4v) is 14.1. The van der Waals surface area contributed by atoms with Crippen LogP contribution < -0.4 is 0 Å². The van der Waals surface area contributed by atoms with Crippen LogP contribution in [0.5, 0.6) is 0 Å². The highest BCUT2D eigenvalue weighted by molar-refractivity contribution is 7.62. The maximum Gasteiger partial charge on any atom is 0.0387 e. The van der Waals surface area contributed by atoms with Crippen molar-refractivity contribution in [2.75, 3.05) is 122 Å². The molecule has 0 aromatic heterocycles. The summed E-state index contributed by atoms with van der Waals surface area (Å²) in [6.07, 6.45) is 8.24. The van der Waals surface area contributed by atoms with Gasteiger partial charge >= 0.3 is 0 Å². The summed E-state index contributed by atoms with van der Waals surface area (Å²) in [4.78, 5) is 0. The van der Waals surface area contributed by atoms with E-state index < -0.39 is 0 Å². The van der Waals surface area contributed by atoms with Gasteiger partial charge in [0.25, 0.3) is 0 Å². The first kappa shape index (κ1) is 29.5. The maximum atomic E-state index is 2.43. The van der Waals surface area contributed by atoms with Gasteiger partial charge in [0.15, 0.2) is 0 Å². The lowest BCUT2D eigenvalue weighted by atomic mass is 10.9. The minimum absolute atomic E-state index is 0.0818. The first-order chi connectivity index (χ1) is 12.9. The average Bonchev–Trinajstić information content (AvgIpc) is 2.52. The molecule has 0 aromatic carbocycles. The molecule has 0 N–H and O–H groups in total. The molecule has 0 aromatic rings.